The maximum atomic E-state index is 9.95. The number of hydrogen-bond acceptors (Lipinski definition) is 4. The van der Waals surface area contributed by atoms with Crippen molar-refractivity contribution in [2.75, 3.05) is 14.1 Å². The molecule has 1 rings (SSSR count). The van der Waals surface area contributed by atoms with Gasteiger partial charge in [0.15, 0.2) is 0 Å². The van der Waals surface area contributed by atoms with Crippen molar-refractivity contribution in [3.05, 3.63) is 34.7 Å². The largest absolute Gasteiger partial charge is 0.383 e. The van der Waals surface area contributed by atoms with E-state index in [0.717, 1.165) is 6.29 Å². The highest BCUT2D eigenvalue weighted by Crippen LogP contribution is 1.96. The number of allylic oxidation sites excluding steroid dienone is 1. The summed E-state index contributed by atoms with van der Waals surface area (Å²) < 4.78 is 0. The van der Waals surface area contributed by atoms with E-state index in [0.29, 0.717) is 5.57 Å². The third-order valence-electron chi connectivity index (χ3n) is 1.29. The van der Waals surface area contributed by atoms with E-state index in [-0.39, 0.29) is 6.42 Å². The predicted molar refractivity (Wildman–Crippen MR) is 62.4 cm³/mol. The molecular formula is C11H14N2OS. The van der Waals surface area contributed by atoms with Gasteiger partial charge in [0.25, 0.3) is 0 Å². The summed E-state index contributed by atoms with van der Waals surface area (Å²) in [6.07, 6.45) is 2.56. The maximum Gasteiger partial charge on any atom is 0.125 e. The molecule has 0 saturated heterocycles. The van der Waals surface area contributed by atoms with E-state index in [2.05, 4.69) is 0 Å². The van der Waals surface area contributed by atoms with Crippen LogP contribution in [-0.4, -0.2) is 25.3 Å². The molecule has 0 saturated carbocycles. The molecule has 1 aromatic rings. The minimum Gasteiger partial charge on any atom is -0.383 e. The summed E-state index contributed by atoms with van der Waals surface area (Å²) in [5.41, 5.74) is 0.486. The van der Waals surface area contributed by atoms with Crippen molar-refractivity contribution < 1.29 is 4.79 Å². The monoisotopic (exact) mass is 222 g/mol. The Kier molecular flexibility index (Phi) is 8.02. The van der Waals surface area contributed by atoms with Gasteiger partial charge in [-0.2, -0.15) is 16.6 Å². The van der Waals surface area contributed by atoms with Gasteiger partial charge in [-0.25, -0.2) is 0 Å². The van der Waals surface area contributed by atoms with Crippen LogP contribution in [0.5, 0.6) is 0 Å². The predicted octanol–water partition coefficient (Wildman–Crippen LogP) is 2.29. The number of nitriles is 1. The Morgan fingerprint density at radius 1 is 1.47 bits per heavy atom. The van der Waals surface area contributed by atoms with Crippen LogP contribution in [0.25, 0.3) is 0 Å². The molecular weight excluding hydrogens is 208 g/mol. The van der Waals surface area contributed by atoms with E-state index >= 15 is 0 Å². The lowest BCUT2D eigenvalue weighted by Gasteiger charge is -2.03. The molecule has 4 heteroatoms. The fourth-order valence-corrected chi connectivity index (χ4v) is 1.21. The quantitative estimate of drug-likeness (QED) is 0.582. The van der Waals surface area contributed by atoms with Gasteiger partial charge in [0.1, 0.15) is 6.29 Å². The zero-order chi connectivity index (χ0) is 11.5. The first-order valence-electron chi connectivity index (χ1n) is 4.38. The standard InChI is InChI=1S/C7H10N2O.C4H4S/c1-9(2)6-7(5-8)3-4-10;1-2-4-5-3-1/h4,6H,3H2,1-2H3;1-4H. The van der Waals surface area contributed by atoms with Gasteiger partial charge in [0.05, 0.1) is 11.6 Å². The van der Waals surface area contributed by atoms with Crippen molar-refractivity contribution in [2.24, 2.45) is 0 Å². The molecule has 0 aliphatic heterocycles. The fraction of sp³-hybridized carbons (Fsp3) is 0.273. The minimum atomic E-state index is 0.203. The van der Waals surface area contributed by atoms with Crippen molar-refractivity contribution in [3.63, 3.8) is 0 Å². The van der Waals surface area contributed by atoms with Crippen LogP contribution in [0, 0.1) is 11.3 Å². The second-order valence-electron chi connectivity index (χ2n) is 2.89. The number of hydrogen-bond donors (Lipinski definition) is 0. The van der Waals surface area contributed by atoms with Crippen LogP contribution in [-0.2, 0) is 4.79 Å². The van der Waals surface area contributed by atoms with Gasteiger partial charge >= 0.3 is 0 Å². The Labute approximate surface area is 94.3 Å². The normalized spacial score (nSPS) is 9.53. The third-order valence-corrected chi connectivity index (χ3v) is 1.91. The number of rotatable bonds is 3. The highest BCUT2D eigenvalue weighted by Gasteiger charge is 1.92. The molecule has 3 nitrogen and oxygen atoms in total. The molecule has 0 aliphatic carbocycles. The van der Waals surface area contributed by atoms with Gasteiger partial charge in [0.2, 0.25) is 0 Å². The number of aldehydes is 1. The Morgan fingerprint density at radius 2 is 2.07 bits per heavy atom. The van der Waals surface area contributed by atoms with Crippen LogP contribution >= 0.6 is 11.3 Å². The zero-order valence-corrected chi connectivity index (χ0v) is 9.70. The Bertz CT molecular complexity index is 306. The molecule has 1 aromatic heterocycles. The molecule has 0 fully saturated rings. The van der Waals surface area contributed by atoms with E-state index < -0.39 is 0 Å². The fourth-order valence-electron chi connectivity index (χ4n) is 0.755. The van der Waals surface area contributed by atoms with Crippen molar-refractivity contribution >= 4 is 17.6 Å². The number of thiophene rings is 1. The highest BCUT2D eigenvalue weighted by atomic mass is 32.1. The molecule has 80 valence electrons. The molecule has 15 heavy (non-hydrogen) atoms. The number of carbonyl (C=O) groups is 1. The summed E-state index contributed by atoms with van der Waals surface area (Å²) in [6, 6.07) is 5.96. The van der Waals surface area contributed by atoms with Gasteiger partial charge in [-0.3, -0.25) is 0 Å². The minimum absolute atomic E-state index is 0.203. The molecule has 1 heterocycles. The first kappa shape index (κ1) is 13.4. The average molecular weight is 222 g/mol. The lowest BCUT2D eigenvalue weighted by Crippen LogP contribution is -2.02. The molecule has 0 amide bonds. The van der Waals surface area contributed by atoms with Crippen molar-refractivity contribution in [1.82, 2.24) is 4.90 Å². The van der Waals surface area contributed by atoms with E-state index in [1.165, 1.54) is 0 Å². The summed E-state index contributed by atoms with van der Waals surface area (Å²) >= 11 is 1.71. The summed E-state index contributed by atoms with van der Waals surface area (Å²) in [7, 11) is 3.62. The molecule has 0 aliphatic rings. The van der Waals surface area contributed by atoms with Gasteiger partial charge in [-0.15, -0.1) is 0 Å². The summed E-state index contributed by atoms with van der Waals surface area (Å²) in [6.45, 7) is 0. The van der Waals surface area contributed by atoms with Crippen LogP contribution in [0.4, 0.5) is 0 Å². The summed E-state index contributed by atoms with van der Waals surface area (Å²) in [5, 5.41) is 12.5. The first-order valence-corrected chi connectivity index (χ1v) is 5.33. The highest BCUT2D eigenvalue weighted by molar-refractivity contribution is 7.07. The van der Waals surface area contributed by atoms with Crippen molar-refractivity contribution in [3.8, 4) is 6.07 Å². The van der Waals surface area contributed by atoms with Crippen LogP contribution in [0.2, 0.25) is 0 Å². The van der Waals surface area contributed by atoms with E-state index in [1.807, 2.05) is 43.1 Å². The van der Waals surface area contributed by atoms with Crippen LogP contribution in [0.1, 0.15) is 6.42 Å². The van der Waals surface area contributed by atoms with Gasteiger partial charge in [-0.1, -0.05) is 12.1 Å². The van der Waals surface area contributed by atoms with Crippen LogP contribution in [0.3, 0.4) is 0 Å². The second kappa shape index (κ2) is 8.97. The third kappa shape index (κ3) is 8.72. The SMILES string of the molecule is CN(C)C=C(C#N)CC=O.c1ccsc1. The Morgan fingerprint density at radius 3 is 2.33 bits per heavy atom. The topological polar surface area (TPSA) is 44.1 Å². The molecule has 0 radical (unpaired) electrons. The molecule has 0 spiro atoms. The number of nitrogens with zero attached hydrogens (tertiary/aromatic N) is 2. The van der Waals surface area contributed by atoms with E-state index in [1.54, 1.807) is 22.4 Å². The van der Waals surface area contributed by atoms with Gasteiger partial charge in [-0.05, 0) is 10.8 Å². The Hall–Kier alpha value is -1.60. The van der Waals surface area contributed by atoms with Crippen LogP contribution < -0.4 is 0 Å². The van der Waals surface area contributed by atoms with Gasteiger partial charge in [0, 0.05) is 26.7 Å². The maximum absolute atomic E-state index is 9.95. The molecule has 0 unspecified atom stereocenters. The smallest absolute Gasteiger partial charge is 0.125 e. The molecule has 0 bridgehead atoms. The van der Waals surface area contributed by atoms with Gasteiger partial charge < -0.3 is 9.69 Å². The average Bonchev–Trinajstić information content (AvgIpc) is 2.74. The van der Waals surface area contributed by atoms with E-state index in [9.17, 15) is 4.79 Å². The zero-order valence-electron chi connectivity index (χ0n) is 8.88. The van der Waals surface area contributed by atoms with E-state index in [4.69, 9.17) is 5.26 Å². The molecule has 0 N–H and O–H groups in total. The van der Waals surface area contributed by atoms with Crippen molar-refractivity contribution in [2.45, 2.75) is 6.42 Å². The summed E-state index contributed by atoms with van der Waals surface area (Å²) in [4.78, 5) is 11.7. The first-order chi connectivity index (χ1) is 7.20. The lowest BCUT2D eigenvalue weighted by molar-refractivity contribution is -0.107. The Balaban J connectivity index is 0.000000322. The summed E-state index contributed by atoms with van der Waals surface area (Å²) in [5.74, 6) is 0. The van der Waals surface area contributed by atoms with Crippen LogP contribution in [0.15, 0.2) is 34.7 Å². The second-order valence-corrected chi connectivity index (χ2v) is 3.71. The lowest BCUT2D eigenvalue weighted by atomic mass is 10.2. The number of carbonyl (C=O) groups excluding carboxylic acids is 1. The molecule has 0 aromatic carbocycles. The van der Waals surface area contributed by atoms with Crippen molar-refractivity contribution in [1.29, 1.82) is 5.26 Å². The molecule has 0 atom stereocenters.